The van der Waals surface area contributed by atoms with Gasteiger partial charge in [-0.05, 0) is 30.5 Å². The van der Waals surface area contributed by atoms with Gasteiger partial charge in [-0.1, -0.05) is 106 Å². The van der Waals surface area contributed by atoms with Crippen molar-refractivity contribution in [3.63, 3.8) is 0 Å². The molecule has 0 aliphatic carbocycles. The van der Waals surface area contributed by atoms with Gasteiger partial charge in [0, 0.05) is 0 Å². The maximum absolute atomic E-state index is 4.06. The minimum absolute atomic E-state index is 0.324. The number of alkyl halides is 1. The second kappa shape index (κ2) is 6.10. The van der Waals surface area contributed by atoms with Crippen molar-refractivity contribution >= 4 is 15.9 Å². The molecule has 0 unspecified atom stereocenters. The highest BCUT2D eigenvalue weighted by atomic mass is 79.9. The Morgan fingerprint density at radius 1 is 0.545 bits per heavy atom. The molecule has 3 rings (SSSR count). The molecule has 0 aromatic heterocycles. The molecule has 0 saturated carbocycles. The van der Waals surface area contributed by atoms with Crippen molar-refractivity contribution in [3.05, 3.63) is 107 Å². The highest BCUT2D eigenvalue weighted by Gasteiger charge is 2.33. The van der Waals surface area contributed by atoms with Crippen molar-refractivity contribution in [2.45, 2.75) is 18.2 Å². The Labute approximate surface area is 141 Å². The SMILES string of the molecule is Cc1ccc(C(Br)(c2ccccc2)c2ccc(C)cc2)cc1. The fourth-order valence-electron chi connectivity index (χ4n) is 2.73. The molecule has 0 heterocycles. The Morgan fingerprint density at radius 3 is 1.32 bits per heavy atom. The van der Waals surface area contributed by atoms with Crippen molar-refractivity contribution in [2.75, 3.05) is 0 Å². The predicted molar refractivity (Wildman–Crippen MR) is 97.6 cm³/mol. The Bertz CT molecular complexity index is 695. The van der Waals surface area contributed by atoms with Crippen LogP contribution in [0.4, 0.5) is 0 Å². The van der Waals surface area contributed by atoms with Gasteiger partial charge in [-0.15, -0.1) is 0 Å². The van der Waals surface area contributed by atoms with Gasteiger partial charge in [0.2, 0.25) is 0 Å². The molecule has 0 bridgehead atoms. The van der Waals surface area contributed by atoms with E-state index in [4.69, 9.17) is 0 Å². The average molecular weight is 351 g/mol. The summed E-state index contributed by atoms with van der Waals surface area (Å²) in [5, 5.41) is 0. The van der Waals surface area contributed by atoms with E-state index in [0.717, 1.165) is 0 Å². The van der Waals surface area contributed by atoms with Crippen LogP contribution in [0.2, 0.25) is 0 Å². The fraction of sp³-hybridized carbons (Fsp3) is 0.143. The maximum atomic E-state index is 4.06. The second-order valence-electron chi connectivity index (χ2n) is 5.76. The lowest BCUT2D eigenvalue weighted by molar-refractivity contribution is 0.914. The molecule has 0 nitrogen and oxygen atoms in total. The van der Waals surface area contributed by atoms with Gasteiger partial charge in [0.25, 0.3) is 0 Å². The van der Waals surface area contributed by atoms with Crippen LogP contribution in [-0.4, -0.2) is 0 Å². The van der Waals surface area contributed by atoms with Gasteiger partial charge in [0.1, 0.15) is 4.32 Å². The Kier molecular flexibility index (Phi) is 4.17. The van der Waals surface area contributed by atoms with Crippen LogP contribution in [-0.2, 0) is 4.32 Å². The Morgan fingerprint density at radius 2 is 0.909 bits per heavy atom. The third kappa shape index (κ3) is 2.74. The molecule has 0 atom stereocenters. The number of rotatable bonds is 3. The van der Waals surface area contributed by atoms with Gasteiger partial charge in [-0.25, -0.2) is 0 Å². The Balaban J connectivity index is 2.22. The van der Waals surface area contributed by atoms with Crippen LogP contribution in [0.3, 0.4) is 0 Å². The van der Waals surface area contributed by atoms with E-state index in [-0.39, 0.29) is 4.32 Å². The molecule has 110 valence electrons. The van der Waals surface area contributed by atoms with E-state index in [1.54, 1.807) is 0 Å². The molecule has 0 N–H and O–H groups in total. The summed E-state index contributed by atoms with van der Waals surface area (Å²) in [4.78, 5) is 0. The van der Waals surface area contributed by atoms with E-state index in [1.165, 1.54) is 27.8 Å². The summed E-state index contributed by atoms with van der Waals surface area (Å²) < 4.78 is -0.324. The predicted octanol–water partition coefficient (Wildman–Crippen LogP) is 5.99. The second-order valence-corrected chi connectivity index (χ2v) is 6.95. The monoisotopic (exact) mass is 350 g/mol. The first-order valence-corrected chi connectivity index (χ1v) is 8.29. The molecule has 1 heteroatoms. The zero-order valence-electron chi connectivity index (χ0n) is 12.9. The van der Waals surface area contributed by atoms with Gasteiger partial charge < -0.3 is 0 Å². The molecular weight excluding hydrogens is 332 g/mol. The van der Waals surface area contributed by atoms with Crippen LogP contribution in [0.25, 0.3) is 0 Å². The zero-order chi connectivity index (χ0) is 15.6. The van der Waals surface area contributed by atoms with Crippen molar-refractivity contribution < 1.29 is 0 Å². The summed E-state index contributed by atoms with van der Waals surface area (Å²) in [6.07, 6.45) is 0. The summed E-state index contributed by atoms with van der Waals surface area (Å²) >= 11 is 4.06. The first-order valence-electron chi connectivity index (χ1n) is 7.49. The topological polar surface area (TPSA) is 0 Å². The maximum Gasteiger partial charge on any atom is 0.100 e. The lowest BCUT2D eigenvalue weighted by Crippen LogP contribution is -2.21. The molecule has 3 aromatic carbocycles. The number of benzene rings is 3. The minimum Gasteiger partial charge on any atom is -0.0696 e. The van der Waals surface area contributed by atoms with Crippen molar-refractivity contribution in [2.24, 2.45) is 0 Å². The standard InChI is InChI=1S/C21H19Br/c1-16-8-12-19(13-9-16)21(22,18-6-4-3-5-7-18)20-14-10-17(2)11-15-20/h3-15H,1-2H3. The van der Waals surface area contributed by atoms with E-state index in [0.29, 0.717) is 0 Å². The van der Waals surface area contributed by atoms with Crippen LogP contribution < -0.4 is 0 Å². The summed E-state index contributed by atoms with van der Waals surface area (Å²) in [7, 11) is 0. The lowest BCUT2D eigenvalue weighted by atomic mass is 9.84. The quantitative estimate of drug-likeness (QED) is 0.402. The molecular formula is C21H19Br. The molecule has 0 aliphatic rings. The highest BCUT2D eigenvalue weighted by Crippen LogP contribution is 2.44. The largest absolute Gasteiger partial charge is 0.100 e. The third-order valence-electron chi connectivity index (χ3n) is 4.07. The summed E-state index contributed by atoms with van der Waals surface area (Å²) in [6, 6.07) is 28.1. The molecule has 0 fully saturated rings. The molecule has 0 saturated heterocycles. The lowest BCUT2D eigenvalue weighted by Gasteiger charge is -2.30. The number of halogens is 1. The average Bonchev–Trinajstić information content (AvgIpc) is 2.56. The molecule has 0 amide bonds. The van der Waals surface area contributed by atoms with Gasteiger partial charge >= 0.3 is 0 Å². The highest BCUT2D eigenvalue weighted by molar-refractivity contribution is 9.10. The van der Waals surface area contributed by atoms with Crippen LogP contribution in [0.5, 0.6) is 0 Å². The van der Waals surface area contributed by atoms with E-state index in [9.17, 15) is 0 Å². The molecule has 0 spiro atoms. The van der Waals surface area contributed by atoms with Crippen LogP contribution >= 0.6 is 15.9 Å². The van der Waals surface area contributed by atoms with E-state index >= 15 is 0 Å². The van der Waals surface area contributed by atoms with Crippen LogP contribution in [0, 0.1) is 13.8 Å². The first kappa shape index (κ1) is 15.1. The zero-order valence-corrected chi connectivity index (χ0v) is 14.5. The summed E-state index contributed by atoms with van der Waals surface area (Å²) in [5.41, 5.74) is 6.27. The number of hydrogen-bond donors (Lipinski definition) is 0. The van der Waals surface area contributed by atoms with Crippen molar-refractivity contribution in [1.29, 1.82) is 0 Å². The smallest absolute Gasteiger partial charge is 0.0696 e. The van der Waals surface area contributed by atoms with Gasteiger partial charge in [-0.3, -0.25) is 0 Å². The number of aryl methyl sites for hydroxylation is 2. The van der Waals surface area contributed by atoms with Gasteiger partial charge in [0.15, 0.2) is 0 Å². The van der Waals surface area contributed by atoms with Crippen molar-refractivity contribution in [3.8, 4) is 0 Å². The van der Waals surface area contributed by atoms with E-state index in [2.05, 4.69) is 109 Å². The third-order valence-corrected chi connectivity index (χ3v) is 5.44. The van der Waals surface area contributed by atoms with E-state index < -0.39 is 0 Å². The van der Waals surface area contributed by atoms with Gasteiger partial charge in [0.05, 0.1) is 0 Å². The molecule has 22 heavy (non-hydrogen) atoms. The summed E-state index contributed by atoms with van der Waals surface area (Å²) in [6.45, 7) is 4.24. The first-order chi connectivity index (χ1) is 10.6. The number of hydrogen-bond acceptors (Lipinski definition) is 0. The van der Waals surface area contributed by atoms with Crippen LogP contribution in [0.1, 0.15) is 27.8 Å². The minimum atomic E-state index is -0.324. The Hall–Kier alpha value is -1.86. The molecule has 0 aliphatic heterocycles. The van der Waals surface area contributed by atoms with Gasteiger partial charge in [-0.2, -0.15) is 0 Å². The normalized spacial score (nSPS) is 11.4. The summed E-state index contributed by atoms with van der Waals surface area (Å²) in [5.74, 6) is 0. The fourth-order valence-corrected chi connectivity index (χ4v) is 3.53. The molecule has 0 radical (unpaired) electrons. The molecule has 3 aromatic rings. The van der Waals surface area contributed by atoms with E-state index in [1.807, 2.05) is 0 Å². The van der Waals surface area contributed by atoms with Crippen molar-refractivity contribution in [1.82, 2.24) is 0 Å². The van der Waals surface area contributed by atoms with Crippen LogP contribution in [0.15, 0.2) is 78.9 Å².